The highest BCUT2D eigenvalue weighted by molar-refractivity contribution is 6.15. The summed E-state index contributed by atoms with van der Waals surface area (Å²) >= 11 is 0. The van der Waals surface area contributed by atoms with Gasteiger partial charge in [0, 0.05) is 21.9 Å². The molecule has 0 bridgehead atoms. The molecule has 0 amide bonds. The van der Waals surface area contributed by atoms with Crippen LogP contribution in [0.5, 0.6) is 0 Å². The van der Waals surface area contributed by atoms with Crippen LogP contribution in [0.25, 0.3) is 0 Å². The highest BCUT2D eigenvalue weighted by atomic mass is 28.1. The second-order valence-corrected chi connectivity index (χ2v) is 6.33. The zero-order valence-corrected chi connectivity index (χ0v) is 11.9. The van der Waals surface area contributed by atoms with E-state index in [0.717, 1.165) is 25.3 Å². The average molecular weight is 221 g/mol. The van der Waals surface area contributed by atoms with Crippen molar-refractivity contribution in [1.29, 1.82) is 0 Å². The summed E-state index contributed by atoms with van der Waals surface area (Å²) in [6.45, 7) is 13.9. The van der Waals surface area contributed by atoms with Gasteiger partial charge in [-0.2, -0.15) is 0 Å². The SMILES string of the molecule is C=CCC1CCN(CC=C)C1([SiH3])CC=C. The van der Waals surface area contributed by atoms with E-state index in [1.165, 1.54) is 23.2 Å². The van der Waals surface area contributed by atoms with E-state index in [4.69, 9.17) is 0 Å². The van der Waals surface area contributed by atoms with Crippen molar-refractivity contribution in [3.05, 3.63) is 38.0 Å². The van der Waals surface area contributed by atoms with Gasteiger partial charge in [0.05, 0.1) is 0 Å². The summed E-state index contributed by atoms with van der Waals surface area (Å²) in [4.78, 5) is 2.59. The van der Waals surface area contributed by atoms with Gasteiger partial charge in [-0.3, -0.25) is 4.90 Å². The Morgan fingerprint density at radius 3 is 2.53 bits per heavy atom. The Bertz CT molecular complexity index is 229. The third-order valence-corrected chi connectivity index (χ3v) is 5.56. The average Bonchev–Trinajstić information content (AvgIpc) is 2.48. The quantitative estimate of drug-likeness (QED) is 0.487. The first-order chi connectivity index (χ1) is 7.19. The summed E-state index contributed by atoms with van der Waals surface area (Å²) in [6, 6.07) is 0. The summed E-state index contributed by atoms with van der Waals surface area (Å²) in [6.07, 6.45) is 9.72. The van der Waals surface area contributed by atoms with Gasteiger partial charge < -0.3 is 0 Å². The van der Waals surface area contributed by atoms with Crippen molar-refractivity contribution in [2.24, 2.45) is 5.92 Å². The zero-order valence-electron chi connectivity index (χ0n) is 9.91. The van der Waals surface area contributed by atoms with Crippen molar-refractivity contribution in [2.45, 2.75) is 24.4 Å². The Morgan fingerprint density at radius 1 is 1.27 bits per heavy atom. The van der Waals surface area contributed by atoms with Gasteiger partial charge in [0.25, 0.3) is 0 Å². The lowest BCUT2D eigenvalue weighted by atomic mass is 9.93. The molecule has 0 aromatic heterocycles. The predicted octanol–water partition coefficient (Wildman–Crippen LogP) is 1.71. The van der Waals surface area contributed by atoms with Crippen LogP contribution in [0, 0.1) is 5.92 Å². The first kappa shape index (κ1) is 12.5. The number of rotatable bonds is 6. The zero-order chi connectivity index (χ0) is 11.3. The Balaban J connectivity index is 2.80. The molecule has 2 atom stereocenters. The smallest absolute Gasteiger partial charge is 0.0291 e. The van der Waals surface area contributed by atoms with Gasteiger partial charge in [0.15, 0.2) is 0 Å². The lowest BCUT2D eigenvalue weighted by Gasteiger charge is -2.38. The number of nitrogens with zero attached hydrogens (tertiary/aromatic N) is 1. The highest BCUT2D eigenvalue weighted by Gasteiger charge is 2.42. The molecule has 0 saturated carbocycles. The Kier molecular flexibility index (Phi) is 4.55. The summed E-state index contributed by atoms with van der Waals surface area (Å²) in [5, 5.41) is 0.393. The van der Waals surface area contributed by atoms with Gasteiger partial charge in [-0.15, -0.1) is 19.7 Å². The van der Waals surface area contributed by atoms with Crippen molar-refractivity contribution in [2.75, 3.05) is 13.1 Å². The fraction of sp³-hybridized carbons (Fsp3) is 0.538. The molecule has 0 radical (unpaired) electrons. The third-order valence-electron chi connectivity index (χ3n) is 3.71. The van der Waals surface area contributed by atoms with E-state index in [9.17, 15) is 0 Å². The molecule has 2 unspecified atom stereocenters. The van der Waals surface area contributed by atoms with Crippen molar-refractivity contribution < 1.29 is 0 Å². The highest BCUT2D eigenvalue weighted by Crippen LogP contribution is 2.37. The molecule has 1 fully saturated rings. The Morgan fingerprint density at radius 2 is 2.00 bits per heavy atom. The molecule has 0 N–H and O–H groups in total. The third kappa shape index (κ3) is 2.50. The lowest BCUT2D eigenvalue weighted by Crippen LogP contribution is -2.48. The molecule has 0 aromatic rings. The van der Waals surface area contributed by atoms with Crippen LogP contribution >= 0.6 is 0 Å². The summed E-state index contributed by atoms with van der Waals surface area (Å²) in [5.41, 5.74) is 0. The summed E-state index contributed by atoms with van der Waals surface area (Å²) in [7, 11) is 1.20. The summed E-state index contributed by atoms with van der Waals surface area (Å²) in [5.74, 6) is 0.777. The van der Waals surface area contributed by atoms with Gasteiger partial charge in [-0.1, -0.05) is 18.2 Å². The molecular formula is C13H23NSi. The fourth-order valence-corrected chi connectivity index (χ4v) is 3.97. The number of likely N-dealkylation sites (tertiary alicyclic amines) is 1. The van der Waals surface area contributed by atoms with Crippen LogP contribution in [-0.4, -0.2) is 33.4 Å². The lowest BCUT2D eigenvalue weighted by molar-refractivity contribution is 0.205. The fourth-order valence-electron chi connectivity index (χ4n) is 2.75. The number of allylic oxidation sites excluding steroid dienone is 1. The van der Waals surface area contributed by atoms with Crippen molar-refractivity contribution in [1.82, 2.24) is 4.90 Å². The second kappa shape index (κ2) is 5.47. The maximum atomic E-state index is 3.90. The molecule has 0 spiro atoms. The van der Waals surface area contributed by atoms with Gasteiger partial charge >= 0.3 is 0 Å². The van der Waals surface area contributed by atoms with Crippen LogP contribution in [0.2, 0.25) is 0 Å². The molecule has 0 aliphatic carbocycles. The molecule has 1 aliphatic heterocycles. The van der Waals surface area contributed by atoms with Crippen LogP contribution in [0.4, 0.5) is 0 Å². The first-order valence-electron chi connectivity index (χ1n) is 5.76. The van der Waals surface area contributed by atoms with Crippen LogP contribution in [0.3, 0.4) is 0 Å². The van der Waals surface area contributed by atoms with Gasteiger partial charge in [-0.05, 0) is 31.7 Å². The first-order valence-corrected chi connectivity index (χ1v) is 6.76. The second-order valence-electron chi connectivity index (χ2n) is 4.59. The van der Waals surface area contributed by atoms with Crippen LogP contribution in [-0.2, 0) is 0 Å². The van der Waals surface area contributed by atoms with E-state index in [1.54, 1.807) is 0 Å². The predicted molar refractivity (Wildman–Crippen MR) is 72.2 cm³/mol. The van der Waals surface area contributed by atoms with Crippen LogP contribution in [0.15, 0.2) is 38.0 Å². The molecule has 1 saturated heterocycles. The Labute approximate surface area is 97.0 Å². The van der Waals surface area contributed by atoms with E-state index >= 15 is 0 Å². The van der Waals surface area contributed by atoms with E-state index < -0.39 is 0 Å². The van der Waals surface area contributed by atoms with E-state index in [0.29, 0.717) is 5.16 Å². The van der Waals surface area contributed by atoms with Crippen molar-refractivity contribution in [3.63, 3.8) is 0 Å². The molecule has 0 aromatic carbocycles. The largest absolute Gasteiger partial charge is 0.297 e. The van der Waals surface area contributed by atoms with Crippen LogP contribution in [0.1, 0.15) is 19.3 Å². The van der Waals surface area contributed by atoms with Gasteiger partial charge in [-0.25, -0.2) is 0 Å². The molecule has 1 nitrogen and oxygen atoms in total. The summed E-state index contributed by atoms with van der Waals surface area (Å²) < 4.78 is 0. The van der Waals surface area contributed by atoms with Gasteiger partial charge in [0.1, 0.15) is 0 Å². The monoisotopic (exact) mass is 221 g/mol. The standard InChI is InChI=1S/C13H23NSi/c1-4-7-12-8-11-14(10-6-3)13(12,15)9-5-2/h4-6,12H,1-3,7-11H2,15H3. The molecule has 84 valence electrons. The minimum atomic E-state index is 0.393. The topological polar surface area (TPSA) is 3.24 Å². The van der Waals surface area contributed by atoms with E-state index in [2.05, 4.69) is 36.8 Å². The molecular weight excluding hydrogens is 198 g/mol. The maximum absolute atomic E-state index is 3.90. The van der Waals surface area contributed by atoms with Crippen molar-refractivity contribution in [3.8, 4) is 0 Å². The van der Waals surface area contributed by atoms with E-state index in [-0.39, 0.29) is 0 Å². The number of hydrogen-bond donors (Lipinski definition) is 0. The van der Waals surface area contributed by atoms with E-state index in [1.807, 2.05) is 6.08 Å². The molecule has 1 aliphatic rings. The minimum absolute atomic E-state index is 0.393. The Hall–Kier alpha value is -0.603. The number of hydrogen-bond acceptors (Lipinski definition) is 1. The maximum Gasteiger partial charge on any atom is 0.0291 e. The molecule has 2 heteroatoms. The minimum Gasteiger partial charge on any atom is -0.297 e. The van der Waals surface area contributed by atoms with Crippen molar-refractivity contribution >= 4 is 10.2 Å². The normalized spacial score (nSPS) is 31.6. The molecule has 1 heterocycles. The molecule has 1 rings (SSSR count). The van der Waals surface area contributed by atoms with Gasteiger partial charge in [0.2, 0.25) is 0 Å². The molecule has 15 heavy (non-hydrogen) atoms. The van der Waals surface area contributed by atoms with Crippen LogP contribution < -0.4 is 0 Å².